The van der Waals surface area contributed by atoms with E-state index in [2.05, 4.69) is 6.07 Å². The molecular formula is C20H25F2NO3WY-2. The minimum absolute atomic E-state index is 0. The standard InChI is InChI=1S/C19H22F2NO3.CH3.W.Y/c1-11-4-5-12(2)13(10-11)14-15(23)18(22-16(14)24)6-8-19(25,9-7-18)17(3,20)21;;;/h4-5,23,25H,6-9H2,1-3H3,(H,22,24);1H3;;/q2*-1;;/i/hD. The summed E-state index contributed by atoms with van der Waals surface area (Å²) in [5, 5.41) is 21.8. The Morgan fingerprint density at radius 1 is 1.25 bits per heavy atom. The number of aryl methyl sites for hydroxylation is 2. The van der Waals surface area contributed by atoms with Crippen LogP contribution in [-0.4, -0.2) is 33.2 Å². The van der Waals surface area contributed by atoms with E-state index in [0.29, 0.717) is 17.8 Å². The first-order valence-electron chi connectivity index (χ1n) is 8.75. The number of hydrogen-bond donors (Lipinski definition) is 3. The van der Waals surface area contributed by atoms with Gasteiger partial charge in [-0.05, 0) is 25.7 Å². The summed E-state index contributed by atoms with van der Waals surface area (Å²) in [5.74, 6) is -4.27. The monoisotopic (exact) mass is 639 g/mol. The van der Waals surface area contributed by atoms with Crippen LogP contribution in [0.15, 0.2) is 17.9 Å². The zero-order valence-electron chi connectivity index (χ0n) is 17.5. The van der Waals surface area contributed by atoms with Gasteiger partial charge in [-0.15, -0.1) is 34.9 Å². The molecule has 28 heavy (non-hydrogen) atoms. The number of carbonyl (C=O) groups excluding carboxylic acids is 1. The van der Waals surface area contributed by atoms with E-state index >= 15 is 0 Å². The Morgan fingerprint density at radius 3 is 2.29 bits per heavy atom. The molecule has 3 rings (SSSR count). The maximum absolute atomic E-state index is 13.7. The number of hydrogen-bond acceptors (Lipinski definition) is 3. The average molecular weight is 639 g/mol. The van der Waals surface area contributed by atoms with Gasteiger partial charge < -0.3 is 22.9 Å². The van der Waals surface area contributed by atoms with Gasteiger partial charge in [0, 0.05) is 66.3 Å². The molecule has 0 atom stereocenters. The number of rotatable bonds is 2. The Morgan fingerprint density at radius 2 is 1.79 bits per heavy atom. The molecule has 0 aromatic heterocycles. The largest absolute Gasteiger partial charge is 0.519 e. The van der Waals surface area contributed by atoms with Crippen molar-refractivity contribution in [2.75, 3.05) is 0 Å². The fourth-order valence-electron chi connectivity index (χ4n) is 3.66. The molecule has 3 N–H and O–H groups in total. The number of aliphatic hydroxyl groups is 2. The molecule has 1 amide bonds. The number of aliphatic hydroxyl groups excluding tert-OH is 1. The van der Waals surface area contributed by atoms with Gasteiger partial charge in [0.2, 0.25) is 5.91 Å². The van der Waals surface area contributed by atoms with Gasteiger partial charge >= 0.3 is 0 Å². The van der Waals surface area contributed by atoms with Crippen molar-refractivity contribution < 1.29 is 79.0 Å². The summed E-state index contributed by atoms with van der Waals surface area (Å²) in [4.78, 5) is 12.7. The predicted octanol–water partition coefficient (Wildman–Crippen LogP) is 3.65. The summed E-state index contributed by atoms with van der Waals surface area (Å²) in [6.07, 6.45) is -0.842. The van der Waals surface area contributed by atoms with Crippen LogP contribution in [0.3, 0.4) is 0 Å². The van der Waals surface area contributed by atoms with Crippen molar-refractivity contribution in [1.82, 2.24) is 5.31 Å². The third-order valence-electron chi connectivity index (χ3n) is 5.48. The molecule has 1 aliphatic heterocycles. The van der Waals surface area contributed by atoms with Crippen LogP contribution in [0, 0.1) is 27.3 Å². The molecule has 2 aliphatic rings. The minimum atomic E-state index is -3.30. The van der Waals surface area contributed by atoms with Gasteiger partial charge in [0.25, 0.3) is 5.92 Å². The molecule has 1 radical (unpaired) electrons. The molecule has 1 aromatic rings. The van der Waals surface area contributed by atoms with Crippen LogP contribution in [0.2, 0.25) is 1.41 Å². The summed E-state index contributed by atoms with van der Waals surface area (Å²) in [6.45, 7) is 4.24. The van der Waals surface area contributed by atoms with Gasteiger partial charge in [-0.2, -0.15) is 0 Å². The van der Waals surface area contributed by atoms with Crippen LogP contribution in [-0.2, 0) is 58.6 Å². The summed E-state index contributed by atoms with van der Waals surface area (Å²) in [6, 6.07) is 6.67. The number of amides is 1. The quantitative estimate of drug-likeness (QED) is 0.434. The van der Waals surface area contributed by atoms with E-state index in [4.69, 9.17) is 1.41 Å². The number of benzene rings is 1. The fourth-order valence-corrected chi connectivity index (χ4v) is 3.66. The van der Waals surface area contributed by atoms with E-state index < -0.39 is 23.0 Å². The number of halogens is 2. The maximum Gasteiger partial charge on any atom is 0.273 e. The van der Waals surface area contributed by atoms with Crippen molar-refractivity contribution in [2.45, 2.75) is 63.5 Å². The molecule has 1 fully saturated rings. The van der Waals surface area contributed by atoms with E-state index in [0.717, 1.165) is 11.1 Å². The molecular weight excluding hydrogens is 613 g/mol. The second-order valence-corrected chi connectivity index (χ2v) is 7.29. The van der Waals surface area contributed by atoms with Gasteiger partial charge in [0.1, 0.15) is 5.60 Å². The van der Waals surface area contributed by atoms with Crippen LogP contribution in [0.5, 0.6) is 0 Å². The average Bonchev–Trinajstić information content (AvgIpc) is 2.73. The SMILES string of the molecule is [2H]N1C(=O)C(c2[c-]c(C)ccc2C)=C(O)C12CCC(O)(C(C)(F)F)CC2.[CH3-].[W].[Y]. The van der Waals surface area contributed by atoms with E-state index in [9.17, 15) is 23.8 Å². The van der Waals surface area contributed by atoms with Gasteiger partial charge in [0.15, 0.2) is 1.41 Å². The van der Waals surface area contributed by atoms with E-state index in [-0.39, 0.29) is 98.2 Å². The van der Waals surface area contributed by atoms with Crippen LogP contribution in [0.25, 0.3) is 5.57 Å². The van der Waals surface area contributed by atoms with Crippen molar-refractivity contribution >= 4 is 11.5 Å². The van der Waals surface area contributed by atoms with E-state index in [1.54, 1.807) is 19.9 Å². The molecule has 1 heterocycles. The first kappa shape index (κ1) is 25.9. The summed E-state index contributed by atoms with van der Waals surface area (Å²) in [7, 11) is 0. The second kappa shape index (κ2) is 9.33. The first-order chi connectivity index (χ1) is 11.9. The Bertz CT molecular complexity index is 805. The minimum Gasteiger partial charge on any atom is -0.519 e. The Labute approximate surface area is 206 Å². The van der Waals surface area contributed by atoms with Crippen molar-refractivity contribution in [3.05, 3.63) is 48.1 Å². The van der Waals surface area contributed by atoms with E-state index in [1.807, 2.05) is 6.07 Å². The molecule has 8 heteroatoms. The molecule has 0 bridgehead atoms. The fraction of sp³-hybridized carbons (Fsp3) is 0.500. The topological polar surface area (TPSA) is 69.6 Å². The zero-order chi connectivity index (χ0) is 19.5. The van der Waals surface area contributed by atoms with Gasteiger partial charge in [-0.1, -0.05) is 13.8 Å². The third kappa shape index (κ3) is 4.61. The Kier molecular flexibility index (Phi) is 8.62. The summed E-state index contributed by atoms with van der Waals surface area (Å²) >= 11 is 0. The smallest absolute Gasteiger partial charge is 0.273 e. The zero-order valence-corrected chi connectivity index (χ0v) is 22.2. The molecule has 4 nitrogen and oxygen atoms in total. The number of alkyl halides is 2. The molecule has 1 aliphatic carbocycles. The Hall–Kier alpha value is -0.158. The molecule has 1 saturated carbocycles. The van der Waals surface area contributed by atoms with E-state index in [1.165, 1.54) is 0 Å². The molecule has 1 aromatic carbocycles. The van der Waals surface area contributed by atoms with Crippen molar-refractivity contribution in [3.8, 4) is 0 Å². The molecule has 0 unspecified atom stereocenters. The van der Waals surface area contributed by atoms with Gasteiger partial charge in [-0.3, -0.25) is 4.79 Å². The molecule has 153 valence electrons. The number of carbonyl (C=O) groups is 1. The normalized spacial score (nSPS) is 27.7. The van der Waals surface area contributed by atoms with Crippen molar-refractivity contribution in [1.29, 1.82) is 0 Å². The van der Waals surface area contributed by atoms with Crippen LogP contribution < -0.4 is 5.31 Å². The van der Waals surface area contributed by atoms with Crippen molar-refractivity contribution in [3.63, 3.8) is 0 Å². The predicted molar refractivity (Wildman–Crippen MR) is 95.6 cm³/mol. The van der Waals surface area contributed by atoms with Gasteiger partial charge in [-0.25, -0.2) is 8.78 Å². The van der Waals surface area contributed by atoms with Crippen LogP contribution >= 0.6 is 0 Å². The van der Waals surface area contributed by atoms with Crippen LogP contribution in [0.1, 0.15) is 49.3 Å². The first-order valence-corrected chi connectivity index (χ1v) is 8.30. The van der Waals surface area contributed by atoms with Crippen LogP contribution in [0.4, 0.5) is 8.78 Å². The summed E-state index contributed by atoms with van der Waals surface area (Å²) in [5.41, 5.74) is -1.66. The molecule has 1 spiro atoms. The number of nitrogens with one attached hydrogen (secondary N) is 1. The third-order valence-corrected chi connectivity index (χ3v) is 5.48. The maximum atomic E-state index is 13.7. The summed E-state index contributed by atoms with van der Waals surface area (Å²) < 4.78 is 35.6. The van der Waals surface area contributed by atoms with Gasteiger partial charge in [0.05, 0.1) is 11.3 Å². The second-order valence-electron chi connectivity index (χ2n) is 7.29. The van der Waals surface area contributed by atoms with Crippen molar-refractivity contribution in [2.24, 2.45) is 0 Å². The Balaban J connectivity index is 0.00000261. The molecule has 0 saturated heterocycles.